The second-order valence-electron chi connectivity index (χ2n) is 6.81. The Labute approximate surface area is 181 Å². The van der Waals surface area contributed by atoms with Gasteiger partial charge in [-0.25, -0.2) is 4.68 Å². The molecule has 1 atom stereocenters. The monoisotopic (exact) mass is 484 g/mol. The van der Waals surface area contributed by atoms with Crippen molar-refractivity contribution in [3.05, 3.63) is 94.6 Å². The molecule has 7 nitrogen and oxygen atoms in total. The van der Waals surface area contributed by atoms with Crippen molar-refractivity contribution in [2.24, 2.45) is 0 Å². The molecular weight excluding hydrogens is 467 g/mol. The molecule has 4 N–H and O–H groups in total. The van der Waals surface area contributed by atoms with Gasteiger partial charge in [0.15, 0.2) is 0 Å². The smallest absolute Gasteiger partial charge is 0.337 e. The lowest BCUT2D eigenvalue weighted by Gasteiger charge is -2.20. The first-order valence-corrected chi connectivity index (χ1v) is 11.5. The molecule has 0 bridgehead atoms. The van der Waals surface area contributed by atoms with E-state index >= 15 is 0 Å². The maximum absolute atomic E-state index is 12.3. The molecule has 4 aromatic rings. The highest BCUT2D eigenvalue weighted by molar-refractivity contribution is 9.10. The molecule has 4 rings (SSSR count). The molecule has 1 unspecified atom stereocenters. The van der Waals surface area contributed by atoms with E-state index in [1.165, 1.54) is 0 Å². The molecule has 152 valence electrons. The van der Waals surface area contributed by atoms with Crippen LogP contribution >= 0.6 is 23.5 Å². The number of nitrogen functional groups attached to an aromatic ring is 1. The maximum Gasteiger partial charge on any atom is 0.337 e. The number of halogens is 1. The molecule has 1 heterocycles. The van der Waals surface area contributed by atoms with E-state index in [-0.39, 0.29) is 0 Å². The van der Waals surface area contributed by atoms with Gasteiger partial charge in [0, 0.05) is 15.7 Å². The van der Waals surface area contributed by atoms with E-state index < -0.39 is 13.3 Å². The summed E-state index contributed by atoms with van der Waals surface area (Å²) in [6.07, 6.45) is 1.75. The number of nitrogens with zero attached hydrogens (tertiary/aromatic N) is 3. The molecule has 30 heavy (non-hydrogen) atoms. The van der Waals surface area contributed by atoms with Crippen LogP contribution in [0.3, 0.4) is 0 Å². The van der Waals surface area contributed by atoms with Crippen LogP contribution in [0.25, 0.3) is 16.9 Å². The lowest BCUT2D eigenvalue weighted by atomic mass is 10.0. The Morgan fingerprint density at radius 2 is 1.70 bits per heavy atom. The van der Waals surface area contributed by atoms with E-state index in [4.69, 9.17) is 5.73 Å². The predicted molar refractivity (Wildman–Crippen MR) is 119 cm³/mol. The first-order chi connectivity index (χ1) is 14.3. The number of anilines is 1. The quantitative estimate of drug-likeness (QED) is 0.283. The SMILES string of the molecule is Nc1cccc(-c2cn(-c3cccc(C(c4ccc(Br)cc4)P(=O)(O)O)c3)nn2)c1. The molecule has 0 aliphatic heterocycles. The minimum atomic E-state index is -4.47. The summed E-state index contributed by atoms with van der Waals surface area (Å²) in [5, 5.41) is 8.36. The number of benzene rings is 3. The summed E-state index contributed by atoms with van der Waals surface area (Å²) in [6, 6.07) is 21.2. The number of rotatable bonds is 5. The van der Waals surface area contributed by atoms with Crippen LogP contribution in [0.5, 0.6) is 0 Å². The van der Waals surface area contributed by atoms with Crippen molar-refractivity contribution < 1.29 is 14.4 Å². The van der Waals surface area contributed by atoms with Crippen LogP contribution in [0.15, 0.2) is 83.5 Å². The second kappa shape index (κ2) is 8.16. The van der Waals surface area contributed by atoms with Gasteiger partial charge in [0.25, 0.3) is 0 Å². The summed E-state index contributed by atoms with van der Waals surface area (Å²) in [5.41, 5.74) is 8.53. The van der Waals surface area contributed by atoms with Crippen molar-refractivity contribution in [3.8, 4) is 16.9 Å². The molecular formula is C21H18BrN4O3P. The van der Waals surface area contributed by atoms with E-state index in [1.807, 2.05) is 18.2 Å². The largest absolute Gasteiger partial charge is 0.399 e. The summed E-state index contributed by atoms with van der Waals surface area (Å²) >= 11 is 3.35. The third kappa shape index (κ3) is 4.37. The molecule has 0 spiro atoms. The molecule has 0 amide bonds. The molecule has 0 saturated carbocycles. The first-order valence-electron chi connectivity index (χ1n) is 9.00. The van der Waals surface area contributed by atoms with Gasteiger partial charge < -0.3 is 15.5 Å². The fourth-order valence-electron chi connectivity index (χ4n) is 3.28. The van der Waals surface area contributed by atoms with Crippen LogP contribution in [-0.2, 0) is 4.57 Å². The molecule has 0 fully saturated rings. The predicted octanol–water partition coefficient (Wildman–Crippen LogP) is 4.55. The van der Waals surface area contributed by atoms with E-state index in [9.17, 15) is 14.4 Å². The zero-order valence-electron chi connectivity index (χ0n) is 15.6. The number of nitrogens with two attached hydrogens (primary N) is 1. The summed E-state index contributed by atoms with van der Waals surface area (Å²) in [4.78, 5) is 20.1. The lowest BCUT2D eigenvalue weighted by Crippen LogP contribution is -2.04. The highest BCUT2D eigenvalue weighted by Gasteiger charge is 2.32. The Bertz CT molecular complexity index is 1240. The van der Waals surface area contributed by atoms with E-state index in [1.54, 1.807) is 65.5 Å². The minimum absolute atomic E-state index is 0.490. The van der Waals surface area contributed by atoms with Gasteiger partial charge in [0.1, 0.15) is 11.4 Å². The maximum atomic E-state index is 12.3. The third-order valence-corrected chi connectivity index (χ3v) is 6.45. The number of hydrogen-bond donors (Lipinski definition) is 3. The van der Waals surface area contributed by atoms with Crippen molar-refractivity contribution in [1.82, 2.24) is 15.0 Å². The van der Waals surface area contributed by atoms with E-state index in [0.29, 0.717) is 28.2 Å². The fourth-order valence-corrected chi connectivity index (χ4v) is 4.66. The van der Waals surface area contributed by atoms with E-state index in [0.717, 1.165) is 10.0 Å². The topological polar surface area (TPSA) is 114 Å². The highest BCUT2D eigenvalue weighted by Crippen LogP contribution is 2.55. The van der Waals surface area contributed by atoms with Gasteiger partial charge in [-0.15, -0.1) is 5.10 Å². The van der Waals surface area contributed by atoms with Gasteiger partial charge in [-0.05, 0) is 47.5 Å². The van der Waals surface area contributed by atoms with Crippen LogP contribution in [0.1, 0.15) is 16.8 Å². The van der Waals surface area contributed by atoms with Gasteiger partial charge in [-0.1, -0.05) is 57.5 Å². The summed E-state index contributed by atoms with van der Waals surface area (Å²) in [5.74, 6) is 0. The van der Waals surface area contributed by atoms with Crippen molar-refractivity contribution in [2.75, 3.05) is 5.73 Å². The molecule has 9 heteroatoms. The Hall–Kier alpha value is -2.77. The third-order valence-electron chi connectivity index (χ3n) is 4.65. The Morgan fingerprint density at radius 1 is 0.967 bits per heavy atom. The zero-order valence-corrected chi connectivity index (χ0v) is 18.1. The molecule has 0 aliphatic carbocycles. The normalized spacial score (nSPS) is 12.6. The average Bonchev–Trinajstić information content (AvgIpc) is 3.19. The summed E-state index contributed by atoms with van der Waals surface area (Å²) in [7, 11) is -4.47. The average molecular weight is 485 g/mol. The Morgan fingerprint density at radius 3 is 2.40 bits per heavy atom. The molecule has 0 saturated heterocycles. The highest BCUT2D eigenvalue weighted by atomic mass is 79.9. The minimum Gasteiger partial charge on any atom is -0.399 e. The summed E-state index contributed by atoms with van der Waals surface area (Å²) < 4.78 is 14.7. The van der Waals surface area contributed by atoms with Crippen molar-refractivity contribution >= 4 is 29.2 Å². The Balaban J connectivity index is 1.73. The van der Waals surface area contributed by atoms with Crippen LogP contribution in [-0.4, -0.2) is 24.8 Å². The van der Waals surface area contributed by atoms with Crippen molar-refractivity contribution in [1.29, 1.82) is 0 Å². The molecule has 0 aliphatic rings. The second-order valence-corrected chi connectivity index (χ2v) is 9.42. The van der Waals surface area contributed by atoms with Crippen LogP contribution in [0.4, 0.5) is 5.69 Å². The molecule has 1 aromatic heterocycles. The van der Waals surface area contributed by atoms with Crippen LogP contribution in [0, 0.1) is 0 Å². The van der Waals surface area contributed by atoms with Crippen molar-refractivity contribution in [2.45, 2.75) is 5.66 Å². The molecule has 3 aromatic carbocycles. The molecule has 0 radical (unpaired) electrons. The number of aromatic nitrogens is 3. The zero-order chi connectivity index (χ0) is 21.3. The lowest BCUT2D eigenvalue weighted by molar-refractivity contribution is 0.364. The van der Waals surface area contributed by atoms with Gasteiger partial charge >= 0.3 is 7.60 Å². The van der Waals surface area contributed by atoms with Gasteiger partial charge in [0.2, 0.25) is 0 Å². The van der Waals surface area contributed by atoms with E-state index in [2.05, 4.69) is 26.2 Å². The fraction of sp³-hybridized carbons (Fsp3) is 0.0476. The standard InChI is InChI=1S/C21H18BrN4O3P/c22-17-9-7-14(8-10-17)21(30(27,28)29)16-4-2-6-19(12-16)26-13-20(24-25-26)15-3-1-5-18(23)11-15/h1-13,21H,23H2,(H2,27,28,29). The van der Waals surface area contributed by atoms with Crippen molar-refractivity contribution in [3.63, 3.8) is 0 Å². The van der Waals surface area contributed by atoms with Gasteiger partial charge in [-0.2, -0.15) is 0 Å². The van der Waals surface area contributed by atoms with Crippen LogP contribution < -0.4 is 5.73 Å². The Kier molecular flexibility index (Phi) is 5.58. The summed E-state index contributed by atoms with van der Waals surface area (Å²) in [6.45, 7) is 0. The first kappa shape index (κ1) is 20.5. The van der Waals surface area contributed by atoms with Gasteiger partial charge in [0.05, 0.1) is 11.9 Å². The number of hydrogen-bond acceptors (Lipinski definition) is 4. The van der Waals surface area contributed by atoms with Gasteiger partial charge in [-0.3, -0.25) is 4.57 Å². The van der Waals surface area contributed by atoms with Crippen LogP contribution in [0.2, 0.25) is 0 Å².